The number of thiazole rings is 1. The third-order valence-electron chi connectivity index (χ3n) is 1.92. The lowest BCUT2D eigenvalue weighted by Crippen LogP contribution is -2.35. The molecule has 1 aromatic rings. The summed E-state index contributed by atoms with van der Waals surface area (Å²) in [4.78, 5) is 7.99. The summed E-state index contributed by atoms with van der Waals surface area (Å²) in [5.41, 5.74) is 1.98. The highest BCUT2D eigenvalue weighted by Gasteiger charge is 1.96. The summed E-state index contributed by atoms with van der Waals surface area (Å²) >= 11 is 1.69. The Labute approximate surface area is 148 Å². The summed E-state index contributed by atoms with van der Waals surface area (Å²) in [6.45, 7) is 0.797. The lowest BCUT2D eigenvalue weighted by molar-refractivity contribution is 0.229. The molecule has 148 valence electrons. The van der Waals surface area contributed by atoms with E-state index in [0.29, 0.717) is 5.96 Å². The Morgan fingerprint density at radius 3 is 2.04 bits per heavy atom. The zero-order valence-corrected chi connectivity index (χ0v) is 15.4. The molecule has 0 unspecified atom stereocenters. The largest absolute Gasteiger partial charge is 0.394 e. The van der Waals surface area contributed by atoms with Crippen LogP contribution in [0.5, 0.6) is 0 Å². The molecule has 0 aliphatic heterocycles. The minimum absolute atomic E-state index is 0.407. The van der Waals surface area contributed by atoms with Gasteiger partial charge in [0.05, 0.1) is 5.01 Å². The molecule has 25 heavy (non-hydrogen) atoms. The van der Waals surface area contributed by atoms with Gasteiger partial charge in [-0.05, 0) is 19.3 Å². The van der Waals surface area contributed by atoms with Gasteiger partial charge in [0.15, 0.2) is 0 Å². The highest BCUT2D eigenvalue weighted by Crippen LogP contribution is 2.07. The van der Waals surface area contributed by atoms with Gasteiger partial charge in [-0.1, -0.05) is 0 Å². The number of aliphatic imine (C=N–C) groups is 1. The maximum atomic E-state index is 8.74. The summed E-state index contributed by atoms with van der Waals surface area (Å²) in [5, 5.41) is 14.7. The number of hydrogen-bond acceptors (Lipinski definition) is 8. The second-order valence-corrected chi connectivity index (χ2v) is 6.66. The summed E-state index contributed by atoms with van der Waals surface area (Å²) in [6, 6.07) is 0. The second kappa shape index (κ2) is 13.8. The topological polar surface area (TPSA) is 219 Å². The molecule has 13 nitrogen and oxygen atoms in total. The molecule has 0 saturated carbocycles. The first-order valence-corrected chi connectivity index (χ1v) is 9.93. The Morgan fingerprint density at radius 2 is 1.68 bits per heavy atom. The highest BCUT2D eigenvalue weighted by atomic mass is 32.3. The van der Waals surface area contributed by atoms with Crippen LogP contribution in [0, 0.1) is 0 Å². The minimum Gasteiger partial charge on any atom is -0.355 e. The molecule has 0 bridgehead atoms. The van der Waals surface area contributed by atoms with Crippen LogP contribution in [0.4, 0.5) is 0 Å². The van der Waals surface area contributed by atoms with Crippen molar-refractivity contribution in [1.82, 2.24) is 15.8 Å². The smallest absolute Gasteiger partial charge is 0.355 e. The molecule has 0 aromatic carbocycles. The monoisotopic (exact) mass is 424 g/mol. The Morgan fingerprint density at radius 1 is 1.16 bits per heavy atom. The molecule has 0 fully saturated rings. The van der Waals surface area contributed by atoms with Gasteiger partial charge in [-0.25, -0.2) is 10.5 Å². The number of hydroxylamine groups is 1. The van der Waals surface area contributed by atoms with Gasteiger partial charge in [0.2, 0.25) is 5.96 Å². The van der Waals surface area contributed by atoms with Gasteiger partial charge in [-0.2, -0.15) is 16.8 Å². The first-order valence-electron chi connectivity index (χ1n) is 6.25. The van der Waals surface area contributed by atoms with Crippen LogP contribution >= 0.6 is 11.3 Å². The fourth-order valence-corrected chi connectivity index (χ4v) is 1.82. The van der Waals surface area contributed by atoms with E-state index in [1.165, 1.54) is 5.01 Å². The van der Waals surface area contributed by atoms with Gasteiger partial charge in [0.25, 0.3) is 0 Å². The number of hydrogen-bond donors (Lipinski definition) is 7. The number of aromatic nitrogens is 1. The van der Waals surface area contributed by atoms with E-state index in [9.17, 15) is 0 Å². The van der Waals surface area contributed by atoms with Gasteiger partial charge in [0, 0.05) is 25.2 Å². The lowest BCUT2D eigenvalue weighted by Gasteiger charge is -2.06. The van der Waals surface area contributed by atoms with E-state index in [-0.39, 0.29) is 0 Å². The molecule has 1 rings (SSSR count). The Hall–Kier alpha value is -1.40. The first kappa shape index (κ1) is 25.8. The van der Waals surface area contributed by atoms with E-state index in [1.54, 1.807) is 18.4 Å². The fraction of sp³-hybridized carbons (Fsp3) is 0.556. The summed E-state index contributed by atoms with van der Waals surface area (Å²) in [6.07, 6.45) is 4.96. The third-order valence-corrected chi connectivity index (χ3v) is 2.76. The molecular formula is C9H20N4O9S3. The fourth-order valence-electron chi connectivity index (χ4n) is 1.15. The lowest BCUT2D eigenvalue weighted by atomic mass is 10.2. The van der Waals surface area contributed by atoms with Crippen LogP contribution in [0.1, 0.15) is 17.8 Å². The zero-order valence-electron chi connectivity index (χ0n) is 13.0. The predicted octanol–water partition coefficient (Wildman–Crippen LogP) is -0.286. The second-order valence-electron chi connectivity index (χ2n) is 3.89. The summed E-state index contributed by atoms with van der Waals surface area (Å²) in [7, 11) is -7.72. The molecule has 16 heteroatoms. The molecule has 0 radical (unpaired) electrons. The van der Waals surface area contributed by atoms with Crippen LogP contribution in [0.2, 0.25) is 0 Å². The van der Waals surface area contributed by atoms with Crippen molar-refractivity contribution in [3.05, 3.63) is 16.6 Å². The van der Waals surface area contributed by atoms with Crippen molar-refractivity contribution < 1.29 is 40.3 Å². The summed E-state index contributed by atoms with van der Waals surface area (Å²) < 4.78 is 63.2. The van der Waals surface area contributed by atoms with Crippen LogP contribution in [0.15, 0.2) is 16.6 Å². The Balaban J connectivity index is 0. The van der Waals surface area contributed by atoms with Crippen molar-refractivity contribution in [2.45, 2.75) is 19.3 Å². The number of nitrogens with one attached hydrogen (secondary N) is 2. The van der Waals surface area contributed by atoms with Crippen LogP contribution < -0.4 is 10.8 Å². The molecule has 1 heterocycles. The predicted molar refractivity (Wildman–Crippen MR) is 89.7 cm³/mol. The Kier molecular flexibility index (Phi) is 14.3. The maximum absolute atomic E-state index is 8.74. The van der Waals surface area contributed by atoms with Crippen molar-refractivity contribution in [3.8, 4) is 0 Å². The average molecular weight is 424 g/mol. The molecule has 7 N–H and O–H groups in total. The van der Waals surface area contributed by atoms with Crippen molar-refractivity contribution in [3.63, 3.8) is 0 Å². The van der Waals surface area contributed by atoms with E-state index in [4.69, 9.17) is 40.3 Å². The van der Waals surface area contributed by atoms with Gasteiger partial charge in [0.1, 0.15) is 0 Å². The first-order chi connectivity index (χ1) is 11.4. The van der Waals surface area contributed by atoms with Crippen LogP contribution in [0.25, 0.3) is 0 Å². The third kappa shape index (κ3) is 31.0. The SMILES string of the molecule is CN=C(NO)NCCCCc1nccs1.O=S(=O)(O)O.O=S(=O)(O)O. The number of aryl methyl sites for hydroxylation is 1. The normalized spacial score (nSPS) is 11.5. The molecule has 0 saturated heterocycles. The molecule has 0 aliphatic carbocycles. The van der Waals surface area contributed by atoms with E-state index in [0.717, 1.165) is 25.8 Å². The van der Waals surface area contributed by atoms with E-state index < -0.39 is 20.8 Å². The van der Waals surface area contributed by atoms with Gasteiger partial charge < -0.3 is 5.32 Å². The highest BCUT2D eigenvalue weighted by molar-refractivity contribution is 7.80. The molecule has 1 aromatic heterocycles. The standard InChI is InChI=1S/C9H16N4OS.2H2O4S/c1-10-9(13-14)12-5-3-2-4-8-11-6-7-15-8;2*1-5(2,3)4/h6-7,14H,2-5H2,1H3,(H2,10,12,13);2*(H2,1,2,3,4). The van der Waals surface area contributed by atoms with Crippen molar-refractivity contribution in [2.75, 3.05) is 13.6 Å². The van der Waals surface area contributed by atoms with Crippen LogP contribution in [0.3, 0.4) is 0 Å². The average Bonchev–Trinajstić information content (AvgIpc) is 2.92. The van der Waals surface area contributed by atoms with Crippen molar-refractivity contribution >= 4 is 38.1 Å². The van der Waals surface area contributed by atoms with Crippen molar-refractivity contribution in [2.24, 2.45) is 4.99 Å². The van der Waals surface area contributed by atoms with Gasteiger partial charge >= 0.3 is 20.8 Å². The molecule has 0 spiro atoms. The minimum atomic E-state index is -4.67. The number of unbranched alkanes of at least 4 members (excludes halogenated alkanes) is 1. The Bertz CT molecular complexity index is 627. The molecule has 0 amide bonds. The van der Waals surface area contributed by atoms with E-state index in [2.05, 4.69) is 15.3 Å². The number of rotatable bonds is 5. The maximum Gasteiger partial charge on any atom is 0.394 e. The molecule has 0 aliphatic rings. The summed E-state index contributed by atoms with van der Waals surface area (Å²) in [5.74, 6) is 0.407. The van der Waals surface area contributed by atoms with Crippen molar-refractivity contribution in [1.29, 1.82) is 0 Å². The van der Waals surface area contributed by atoms with E-state index in [1.807, 2.05) is 17.1 Å². The zero-order chi connectivity index (χ0) is 19.9. The van der Waals surface area contributed by atoms with E-state index >= 15 is 0 Å². The molecule has 0 atom stereocenters. The van der Waals surface area contributed by atoms with Gasteiger partial charge in [-0.3, -0.25) is 28.4 Å². The van der Waals surface area contributed by atoms with Gasteiger partial charge in [-0.15, -0.1) is 11.3 Å². The van der Waals surface area contributed by atoms with Crippen LogP contribution in [-0.4, -0.2) is 64.8 Å². The van der Waals surface area contributed by atoms with Crippen LogP contribution in [-0.2, 0) is 27.2 Å². The quantitative estimate of drug-likeness (QED) is 0.107. The number of nitrogens with zero attached hydrogens (tertiary/aromatic N) is 2. The number of guanidine groups is 1. The molecular weight excluding hydrogens is 404 g/mol.